The maximum Gasteiger partial charge on any atom is 0.282 e. The zero-order chi connectivity index (χ0) is 25.6. The van der Waals surface area contributed by atoms with Crippen molar-refractivity contribution in [3.8, 4) is 17.0 Å². The lowest BCUT2D eigenvalue weighted by molar-refractivity contribution is -0.113. The van der Waals surface area contributed by atoms with Crippen LogP contribution in [0.25, 0.3) is 22.4 Å². The Balaban J connectivity index is 1.31. The number of ether oxygens (including phenoxy) is 1. The largest absolute Gasteiger partial charge is 0.497 e. The van der Waals surface area contributed by atoms with Gasteiger partial charge in [-0.15, -0.1) is 11.3 Å². The lowest BCUT2D eigenvalue weighted by atomic mass is 10.1. The van der Waals surface area contributed by atoms with Gasteiger partial charge in [-0.05, 0) is 24.1 Å². The van der Waals surface area contributed by atoms with Crippen molar-refractivity contribution >= 4 is 45.3 Å². The molecule has 0 aliphatic heterocycles. The number of nitrogens with one attached hydrogen (secondary N) is 1. The van der Waals surface area contributed by atoms with Crippen molar-refractivity contribution in [1.29, 1.82) is 0 Å². The lowest BCUT2D eigenvalue weighted by Gasteiger charge is -2.12. The van der Waals surface area contributed by atoms with Crippen molar-refractivity contribution in [2.75, 3.05) is 18.2 Å². The number of aryl methyl sites for hydroxylation is 1. The van der Waals surface area contributed by atoms with E-state index in [4.69, 9.17) is 4.74 Å². The monoisotopic (exact) mass is 530 g/mol. The Hall–Kier alpha value is -4.09. The van der Waals surface area contributed by atoms with Crippen LogP contribution >= 0.6 is 23.1 Å². The summed E-state index contributed by atoms with van der Waals surface area (Å²) in [5.41, 5.74) is 2.93. The van der Waals surface area contributed by atoms with E-state index >= 15 is 0 Å². The van der Waals surface area contributed by atoms with E-state index in [9.17, 15) is 9.59 Å². The van der Waals surface area contributed by atoms with Crippen LogP contribution in [-0.4, -0.2) is 43.3 Å². The summed E-state index contributed by atoms with van der Waals surface area (Å²) in [4.78, 5) is 43.3. The number of nitrogens with zero attached hydrogens (tertiary/aromatic N) is 5. The Morgan fingerprint density at radius 2 is 1.92 bits per heavy atom. The van der Waals surface area contributed by atoms with Crippen molar-refractivity contribution in [2.24, 2.45) is 0 Å². The molecule has 11 heteroatoms. The van der Waals surface area contributed by atoms with E-state index in [2.05, 4.69) is 25.3 Å². The molecule has 37 heavy (non-hydrogen) atoms. The number of thioether (sulfide) groups is 1. The summed E-state index contributed by atoms with van der Waals surface area (Å²) < 4.78 is 6.84. The molecule has 5 rings (SSSR count). The topological polar surface area (TPSA) is 112 Å². The summed E-state index contributed by atoms with van der Waals surface area (Å²) in [7, 11) is 1.61. The fourth-order valence-electron chi connectivity index (χ4n) is 3.65. The van der Waals surface area contributed by atoms with E-state index in [1.807, 2.05) is 60.0 Å². The molecule has 0 saturated heterocycles. The summed E-state index contributed by atoms with van der Waals surface area (Å²) in [6.45, 7) is 0.405. The number of methoxy groups -OCH3 is 1. The van der Waals surface area contributed by atoms with E-state index < -0.39 is 0 Å². The van der Waals surface area contributed by atoms with Crippen LogP contribution in [0.5, 0.6) is 5.75 Å². The molecule has 0 aliphatic rings. The molecule has 5 aromatic rings. The fraction of sp³-hybridized carbons (Fsp3) is 0.154. The number of rotatable bonds is 9. The van der Waals surface area contributed by atoms with Crippen molar-refractivity contribution < 1.29 is 9.53 Å². The molecule has 0 radical (unpaired) electrons. The molecule has 3 heterocycles. The van der Waals surface area contributed by atoms with E-state index in [0.29, 0.717) is 23.3 Å². The van der Waals surface area contributed by atoms with Gasteiger partial charge in [-0.25, -0.2) is 19.9 Å². The highest BCUT2D eigenvalue weighted by Crippen LogP contribution is 2.27. The normalized spacial score (nSPS) is 10.9. The number of aromatic nitrogens is 5. The fourth-order valence-corrected chi connectivity index (χ4v) is 5.20. The number of fused-ring (bicyclic) bond motifs is 1. The smallest absolute Gasteiger partial charge is 0.282 e. The van der Waals surface area contributed by atoms with Crippen LogP contribution in [0, 0.1) is 0 Å². The highest BCUT2D eigenvalue weighted by molar-refractivity contribution is 7.99. The average molecular weight is 531 g/mol. The van der Waals surface area contributed by atoms with Gasteiger partial charge in [-0.3, -0.25) is 14.2 Å². The minimum Gasteiger partial charge on any atom is -0.497 e. The van der Waals surface area contributed by atoms with Gasteiger partial charge in [0, 0.05) is 29.9 Å². The van der Waals surface area contributed by atoms with Crippen LogP contribution in [-0.2, 0) is 17.8 Å². The highest BCUT2D eigenvalue weighted by atomic mass is 32.2. The van der Waals surface area contributed by atoms with E-state index in [-0.39, 0.29) is 28.4 Å². The van der Waals surface area contributed by atoms with Crippen LogP contribution in [0.2, 0.25) is 0 Å². The lowest BCUT2D eigenvalue weighted by Crippen LogP contribution is -2.26. The first-order valence-electron chi connectivity index (χ1n) is 11.4. The molecule has 186 valence electrons. The summed E-state index contributed by atoms with van der Waals surface area (Å²) in [6.07, 6.45) is 3.60. The zero-order valence-electron chi connectivity index (χ0n) is 19.8. The maximum absolute atomic E-state index is 13.2. The molecule has 0 aliphatic carbocycles. The standard InChI is InChI=1S/C26H22N6O3S2/c1-35-19-9-5-8-18(14-19)20-15-36-25(29-20)30-21(33)16-37-26-31-23-22(27-11-12-28-23)24(34)32(26)13-10-17-6-3-2-4-7-17/h2-9,11-12,14-15H,10,13,16H2,1H3,(H,29,30,33). The molecule has 0 saturated carbocycles. The van der Waals surface area contributed by atoms with E-state index in [1.165, 1.54) is 35.5 Å². The van der Waals surface area contributed by atoms with E-state index in [1.54, 1.807) is 11.7 Å². The number of carbonyl (C=O) groups excluding carboxylic acids is 1. The predicted molar refractivity (Wildman–Crippen MR) is 145 cm³/mol. The van der Waals surface area contributed by atoms with E-state index in [0.717, 1.165) is 22.6 Å². The Morgan fingerprint density at radius 1 is 1.08 bits per heavy atom. The number of benzene rings is 2. The molecule has 9 nitrogen and oxygen atoms in total. The zero-order valence-corrected chi connectivity index (χ0v) is 21.5. The van der Waals surface area contributed by atoms with Gasteiger partial charge in [0.05, 0.1) is 18.6 Å². The molecule has 0 unspecified atom stereocenters. The first-order chi connectivity index (χ1) is 18.1. The minimum atomic E-state index is -0.278. The average Bonchev–Trinajstić information content (AvgIpc) is 3.40. The SMILES string of the molecule is COc1cccc(-c2csc(NC(=O)CSc3nc4nccnc4c(=O)n3CCc3ccccc3)n2)c1. The quantitative estimate of drug-likeness (QED) is 0.222. The van der Waals surface area contributed by atoms with Gasteiger partial charge in [0.2, 0.25) is 5.91 Å². The van der Waals surface area contributed by atoms with Crippen LogP contribution in [0.15, 0.2) is 82.3 Å². The number of anilines is 1. The van der Waals surface area contributed by atoms with Crippen molar-refractivity contribution in [1.82, 2.24) is 24.5 Å². The van der Waals surface area contributed by atoms with Crippen molar-refractivity contribution in [3.63, 3.8) is 0 Å². The van der Waals surface area contributed by atoms with Gasteiger partial charge in [-0.1, -0.05) is 54.2 Å². The molecular formula is C26H22N6O3S2. The second kappa shape index (κ2) is 11.3. The third-order valence-electron chi connectivity index (χ3n) is 5.47. The molecule has 3 aromatic heterocycles. The molecule has 0 fully saturated rings. The summed E-state index contributed by atoms with van der Waals surface area (Å²) in [5, 5.41) is 5.62. The number of amides is 1. The predicted octanol–water partition coefficient (Wildman–Crippen LogP) is 4.29. The van der Waals surface area contributed by atoms with Crippen LogP contribution in [0.3, 0.4) is 0 Å². The van der Waals surface area contributed by atoms with Gasteiger partial charge in [0.25, 0.3) is 5.56 Å². The Bertz CT molecular complexity index is 1600. The summed E-state index contributed by atoms with van der Waals surface area (Å²) in [6, 6.07) is 17.5. The molecule has 2 aromatic carbocycles. The van der Waals surface area contributed by atoms with Gasteiger partial charge in [0.1, 0.15) is 5.75 Å². The second-order valence-electron chi connectivity index (χ2n) is 7.92. The first kappa shape index (κ1) is 24.6. The van der Waals surface area contributed by atoms with Crippen molar-refractivity contribution in [2.45, 2.75) is 18.1 Å². The molecule has 0 bridgehead atoms. The maximum atomic E-state index is 13.2. The number of hydrogen-bond donors (Lipinski definition) is 1. The van der Waals surface area contributed by atoms with Crippen LogP contribution in [0.4, 0.5) is 5.13 Å². The Kier molecular flexibility index (Phi) is 7.52. The van der Waals surface area contributed by atoms with Gasteiger partial charge in [-0.2, -0.15) is 0 Å². The second-order valence-corrected chi connectivity index (χ2v) is 9.72. The highest BCUT2D eigenvalue weighted by Gasteiger charge is 2.16. The number of hydrogen-bond acceptors (Lipinski definition) is 9. The first-order valence-corrected chi connectivity index (χ1v) is 13.3. The number of carbonyl (C=O) groups is 1. The van der Waals surface area contributed by atoms with Crippen LogP contribution < -0.4 is 15.6 Å². The molecular weight excluding hydrogens is 508 g/mol. The Labute approximate surface area is 220 Å². The molecule has 1 N–H and O–H groups in total. The number of thiazole rings is 1. The van der Waals surface area contributed by atoms with Gasteiger partial charge >= 0.3 is 0 Å². The molecule has 0 spiro atoms. The summed E-state index contributed by atoms with van der Waals surface area (Å²) >= 11 is 2.52. The summed E-state index contributed by atoms with van der Waals surface area (Å²) in [5.74, 6) is 0.537. The van der Waals surface area contributed by atoms with Crippen molar-refractivity contribution in [3.05, 3.63) is 88.3 Å². The van der Waals surface area contributed by atoms with Crippen LogP contribution in [0.1, 0.15) is 5.56 Å². The molecule has 1 amide bonds. The van der Waals surface area contributed by atoms with Gasteiger partial charge < -0.3 is 10.1 Å². The minimum absolute atomic E-state index is 0.0532. The Morgan fingerprint density at radius 3 is 2.76 bits per heavy atom. The third-order valence-corrected chi connectivity index (χ3v) is 7.21. The molecule has 0 atom stereocenters. The third kappa shape index (κ3) is 5.84. The van der Waals surface area contributed by atoms with Gasteiger partial charge in [0.15, 0.2) is 21.5 Å².